The number of carboxylic acid groups (broad SMARTS) is 1. The number of fused-ring (bicyclic) bond motifs is 1. The van der Waals surface area contributed by atoms with Crippen molar-refractivity contribution in [2.75, 3.05) is 0 Å². The van der Waals surface area contributed by atoms with Gasteiger partial charge in [0.2, 0.25) is 0 Å². The SMILES string of the molecule is O=C(O)CCn1ccc2cc(Br)cnc21. The molecule has 0 aliphatic carbocycles. The van der Waals surface area contributed by atoms with Gasteiger partial charge in [-0.2, -0.15) is 0 Å². The molecular formula is C10H9BrN2O2. The molecule has 1 N–H and O–H groups in total. The molecule has 0 saturated carbocycles. The molecule has 0 fully saturated rings. The summed E-state index contributed by atoms with van der Waals surface area (Å²) in [6.07, 6.45) is 3.67. The van der Waals surface area contributed by atoms with Gasteiger partial charge in [0.1, 0.15) is 5.65 Å². The Hall–Kier alpha value is -1.36. The largest absolute Gasteiger partial charge is 0.481 e. The summed E-state index contributed by atoms with van der Waals surface area (Å²) in [5, 5.41) is 9.60. The Bertz CT molecular complexity index is 507. The number of pyridine rings is 1. The zero-order valence-corrected chi connectivity index (χ0v) is 9.44. The fourth-order valence-electron chi connectivity index (χ4n) is 1.45. The molecule has 0 spiro atoms. The third kappa shape index (κ3) is 2.18. The van der Waals surface area contributed by atoms with E-state index in [2.05, 4.69) is 20.9 Å². The van der Waals surface area contributed by atoms with Crippen LogP contribution in [-0.4, -0.2) is 20.6 Å². The second kappa shape index (κ2) is 4.02. The van der Waals surface area contributed by atoms with E-state index in [1.54, 1.807) is 6.20 Å². The van der Waals surface area contributed by atoms with Gasteiger partial charge in [-0.05, 0) is 28.1 Å². The molecule has 0 aliphatic rings. The highest BCUT2D eigenvalue weighted by atomic mass is 79.9. The van der Waals surface area contributed by atoms with Gasteiger partial charge < -0.3 is 9.67 Å². The number of rotatable bonds is 3. The normalized spacial score (nSPS) is 10.7. The zero-order chi connectivity index (χ0) is 10.8. The molecule has 0 aliphatic heterocycles. The Balaban J connectivity index is 2.32. The van der Waals surface area contributed by atoms with Gasteiger partial charge in [0.15, 0.2) is 0 Å². The van der Waals surface area contributed by atoms with Gasteiger partial charge in [-0.25, -0.2) is 4.98 Å². The van der Waals surface area contributed by atoms with Crippen molar-refractivity contribution in [2.24, 2.45) is 0 Å². The fraction of sp³-hybridized carbons (Fsp3) is 0.200. The summed E-state index contributed by atoms with van der Waals surface area (Å²) in [5.41, 5.74) is 0.819. The molecule has 5 heteroatoms. The van der Waals surface area contributed by atoms with Crippen LogP contribution in [0.3, 0.4) is 0 Å². The van der Waals surface area contributed by atoms with Gasteiger partial charge in [-0.3, -0.25) is 4.79 Å². The summed E-state index contributed by atoms with van der Waals surface area (Å²) < 4.78 is 2.77. The first kappa shape index (κ1) is 10.2. The first-order valence-corrected chi connectivity index (χ1v) is 5.28. The first-order valence-electron chi connectivity index (χ1n) is 4.49. The summed E-state index contributed by atoms with van der Waals surface area (Å²) >= 11 is 3.34. The maximum Gasteiger partial charge on any atom is 0.305 e. The zero-order valence-electron chi connectivity index (χ0n) is 7.85. The molecule has 0 atom stereocenters. The minimum Gasteiger partial charge on any atom is -0.481 e. The smallest absolute Gasteiger partial charge is 0.305 e. The van der Waals surface area contributed by atoms with Crippen molar-refractivity contribution in [3.8, 4) is 0 Å². The third-order valence-corrected chi connectivity index (χ3v) is 2.57. The lowest BCUT2D eigenvalue weighted by Gasteiger charge is -2.01. The molecule has 4 nitrogen and oxygen atoms in total. The van der Waals surface area contributed by atoms with Crippen LogP contribution in [0.25, 0.3) is 11.0 Å². The van der Waals surface area contributed by atoms with Crippen LogP contribution in [0.4, 0.5) is 0 Å². The Morgan fingerprint density at radius 1 is 1.60 bits per heavy atom. The van der Waals surface area contributed by atoms with Gasteiger partial charge in [0.05, 0.1) is 6.42 Å². The highest BCUT2D eigenvalue weighted by Crippen LogP contribution is 2.18. The molecule has 2 aromatic heterocycles. The summed E-state index contributed by atoms with van der Waals surface area (Å²) in [6.45, 7) is 0.452. The number of aromatic nitrogens is 2. The molecular weight excluding hydrogens is 260 g/mol. The van der Waals surface area contributed by atoms with Gasteiger partial charge >= 0.3 is 5.97 Å². The van der Waals surface area contributed by atoms with E-state index in [9.17, 15) is 4.79 Å². The van der Waals surface area contributed by atoms with Crippen LogP contribution in [0.2, 0.25) is 0 Å². The second-order valence-corrected chi connectivity index (χ2v) is 4.13. The predicted octanol–water partition coefficient (Wildman–Crippen LogP) is 2.27. The monoisotopic (exact) mass is 268 g/mol. The number of carboxylic acids is 1. The Labute approximate surface area is 94.7 Å². The van der Waals surface area contributed by atoms with Crippen LogP contribution >= 0.6 is 15.9 Å². The van der Waals surface area contributed by atoms with Crippen molar-refractivity contribution >= 4 is 32.9 Å². The van der Waals surface area contributed by atoms with Crippen molar-refractivity contribution in [1.29, 1.82) is 0 Å². The summed E-state index contributed by atoms with van der Waals surface area (Å²) in [4.78, 5) is 14.7. The minimum absolute atomic E-state index is 0.113. The van der Waals surface area contributed by atoms with E-state index in [4.69, 9.17) is 5.11 Å². The summed E-state index contributed by atoms with van der Waals surface area (Å²) in [5.74, 6) is -0.797. The lowest BCUT2D eigenvalue weighted by atomic mass is 10.3. The average molecular weight is 269 g/mol. The van der Waals surface area contributed by atoms with E-state index in [0.29, 0.717) is 6.54 Å². The Kier molecular flexibility index (Phi) is 2.73. The number of aliphatic carboxylic acids is 1. The molecule has 2 aromatic rings. The Morgan fingerprint density at radius 2 is 2.40 bits per heavy atom. The predicted molar refractivity (Wildman–Crippen MR) is 59.7 cm³/mol. The molecule has 2 rings (SSSR count). The molecule has 0 unspecified atom stereocenters. The molecule has 78 valence electrons. The fourth-order valence-corrected chi connectivity index (χ4v) is 1.80. The first-order chi connectivity index (χ1) is 7.16. The average Bonchev–Trinajstić information content (AvgIpc) is 2.57. The highest BCUT2D eigenvalue weighted by molar-refractivity contribution is 9.10. The van der Waals surface area contributed by atoms with Gasteiger partial charge in [0.25, 0.3) is 0 Å². The molecule has 0 radical (unpaired) electrons. The van der Waals surface area contributed by atoms with Crippen molar-refractivity contribution in [2.45, 2.75) is 13.0 Å². The highest BCUT2D eigenvalue weighted by Gasteiger charge is 2.04. The van der Waals surface area contributed by atoms with Crippen LogP contribution in [-0.2, 0) is 11.3 Å². The molecule has 0 amide bonds. The lowest BCUT2D eigenvalue weighted by Crippen LogP contribution is -2.03. The maximum absolute atomic E-state index is 10.4. The quantitative estimate of drug-likeness (QED) is 0.929. The summed E-state index contributed by atoms with van der Waals surface area (Å²) in [6, 6.07) is 3.88. The maximum atomic E-state index is 10.4. The number of carbonyl (C=O) groups is 1. The van der Waals surface area contributed by atoms with Crippen molar-refractivity contribution in [1.82, 2.24) is 9.55 Å². The van der Waals surface area contributed by atoms with Crippen LogP contribution in [0.5, 0.6) is 0 Å². The van der Waals surface area contributed by atoms with E-state index in [-0.39, 0.29) is 6.42 Å². The van der Waals surface area contributed by atoms with Crippen LogP contribution in [0.1, 0.15) is 6.42 Å². The third-order valence-electron chi connectivity index (χ3n) is 2.13. The van der Waals surface area contributed by atoms with Crippen molar-refractivity contribution in [3.05, 3.63) is 29.0 Å². The molecule has 2 heterocycles. The Morgan fingerprint density at radius 3 is 3.13 bits per heavy atom. The van der Waals surface area contributed by atoms with Gasteiger partial charge in [-0.1, -0.05) is 0 Å². The minimum atomic E-state index is -0.797. The van der Waals surface area contributed by atoms with E-state index < -0.39 is 5.97 Å². The number of hydrogen-bond acceptors (Lipinski definition) is 2. The number of aryl methyl sites for hydroxylation is 1. The number of halogens is 1. The second-order valence-electron chi connectivity index (χ2n) is 3.22. The number of hydrogen-bond donors (Lipinski definition) is 1. The molecule has 0 aromatic carbocycles. The van der Waals surface area contributed by atoms with Crippen LogP contribution < -0.4 is 0 Å². The van der Waals surface area contributed by atoms with Crippen LogP contribution in [0.15, 0.2) is 29.0 Å². The number of nitrogens with zero attached hydrogens (tertiary/aromatic N) is 2. The molecule has 0 saturated heterocycles. The van der Waals surface area contributed by atoms with E-state index in [1.165, 1.54) is 0 Å². The van der Waals surface area contributed by atoms with Gasteiger partial charge in [-0.15, -0.1) is 0 Å². The standard InChI is InChI=1S/C10H9BrN2O2/c11-8-5-7-1-3-13(4-2-9(14)15)10(7)12-6-8/h1,3,5-6H,2,4H2,(H,14,15). The van der Waals surface area contributed by atoms with E-state index in [0.717, 1.165) is 15.5 Å². The van der Waals surface area contributed by atoms with E-state index in [1.807, 2.05) is 22.9 Å². The lowest BCUT2D eigenvalue weighted by molar-refractivity contribution is -0.137. The summed E-state index contributed by atoms with van der Waals surface area (Å²) in [7, 11) is 0. The topological polar surface area (TPSA) is 55.1 Å². The van der Waals surface area contributed by atoms with Crippen LogP contribution in [0, 0.1) is 0 Å². The van der Waals surface area contributed by atoms with Gasteiger partial charge in [0, 0.05) is 28.8 Å². The van der Waals surface area contributed by atoms with E-state index >= 15 is 0 Å². The van der Waals surface area contributed by atoms with Crippen molar-refractivity contribution < 1.29 is 9.90 Å². The molecule has 15 heavy (non-hydrogen) atoms. The molecule has 0 bridgehead atoms. The van der Waals surface area contributed by atoms with Crippen molar-refractivity contribution in [3.63, 3.8) is 0 Å².